The second-order valence-corrected chi connectivity index (χ2v) is 5.21. The van der Waals surface area contributed by atoms with Crippen molar-refractivity contribution in [2.24, 2.45) is 5.84 Å². The molecule has 0 bridgehead atoms. The molecular weight excluding hydrogens is 263 g/mol. The summed E-state index contributed by atoms with van der Waals surface area (Å²) in [5, 5.41) is 2.35. The third-order valence-corrected chi connectivity index (χ3v) is 3.79. The van der Waals surface area contributed by atoms with E-state index in [2.05, 4.69) is 29.7 Å². The Bertz CT molecular complexity index is 783. The third-order valence-electron chi connectivity index (χ3n) is 3.79. The van der Waals surface area contributed by atoms with Gasteiger partial charge in [0.05, 0.1) is 6.04 Å². The molecule has 0 aliphatic rings. The van der Waals surface area contributed by atoms with Gasteiger partial charge >= 0.3 is 0 Å². The molecule has 1 unspecified atom stereocenters. The summed E-state index contributed by atoms with van der Waals surface area (Å²) in [4.78, 5) is 0. The number of rotatable bonds is 3. The highest BCUT2D eigenvalue weighted by Crippen LogP contribution is 2.26. The van der Waals surface area contributed by atoms with Crippen LogP contribution in [0.3, 0.4) is 0 Å². The average molecular weight is 280 g/mol. The van der Waals surface area contributed by atoms with E-state index in [4.69, 9.17) is 5.84 Å². The summed E-state index contributed by atoms with van der Waals surface area (Å²) < 4.78 is 13.4. The smallest absolute Gasteiger partial charge is 0.126 e. The number of hydrazine groups is 1. The molecule has 3 rings (SSSR count). The van der Waals surface area contributed by atoms with Crippen LogP contribution in [0.5, 0.6) is 0 Å². The topological polar surface area (TPSA) is 38.0 Å². The standard InChI is InChI=1S/C18H17FN2/c1-12-10-15(8-9-17(12)19)18(21-20)16-7-6-13-4-2-3-5-14(13)11-16/h2-11,18,21H,20H2,1H3. The molecule has 21 heavy (non-hydrogen) atoms. The predicted octanol–water partition coefficient (Wildman–Crippen LogP) is 3.84. The normalized spacial score (nSPS) is 12.5. The van der Waals surface area contributed by atoms with Crippen LogP contribution in [0.4, 0.5) is 4.39 Å². The number of halogens is 1. The summed E-state index contributed by atoms with van der Waals surface area (Å²) in [5.74, 6) is 5.52. The molecule has 0 spiro atoms. The van der Waals surface area contributed by atoms with E-state index in [1.165, 1.54) is 11.5 Å². The maximum Gasteiger partial charge on any atom is 0.126 e. The van der Waals surface area contributed by atoms with Gasteiger partial charge in [-0.3, -0.25) is 5.84 Å². The van der Waals surface area contributed by atoms with Crippen LogP contribution in [-0.4, -0.2) is 0 Å². The fraction of sp³-hybridized carbons (Fsp3) is 0.111. The lowest BCUT2D eigenvalue weighted by atomic mass is 9.95. The summed E-state index contributed by atoms with van der Waals surface area (Å²) >= 11 is 0. The fourth-order valence-corrected chi connectivity index (χ4v) is 2.62. The first-order chi connectivity index (χ1) is 10.2. The van der Waals surface area contributed by atoms with Crippen molar-refractivity contribution in [2.75, 3.05) is 0 Å². The Balaban J connectivity index is 2.06. The van der Waals surface area contributed by atoms with Gasteiger partial charge in [0, 0.05) is 0 Å². The first-order valence-electron chi connectivity index (χ1n) is 6.90. The molecule has 0 aromatic heterocycles. The molecule has 0 radical (unpaired) electrons. The molecule has 1 atom stereocenters. The number of benzene rings is 3. The predicted molar refractivity (Wildman–Crippen MR) is 84.3 cm³/mol. The summed E-state index contributed by atoms with van der Waals surface area (Å²) in [6, 6.07) is 19.3. The average Bonchev–Trinajstić information content (AvgIpc) is 2.51. The highest BCUT2D eigenvalue weighted by molar-refractivity contribution is 5.83. The van der Waals surface area contributed by atoms with Crippen LogP contribution in [0.15, 0.2) is 60.7 Å². The molecule has 0 aliphatic carbocycles. The number of nitrogens with one attached hydrogen (secondary N) is 1. The molecule has 0 amide bonds. The zero-order valence-corrected chi connectivity index (χ0v) is 11.8. The maximum absolute atomic E-state index is 13.4. The molecule has 0 heterocycles. The summed E-state index contributed by atoms with van der Waals surface area (Å²) in [5.41, 5.74) is 5.45. The summed E-state index contributed by atoms with van der Waals surface area (Å²) in [7, 11) is 0. The van der Waals surface area contributed by atoms with Crippen molar-refractivity contribution >= 4 is 10.8 Å². The highest BCUT2D eigenvalue weighted by atomic mass is 19.1. The van der Waals surface area contributed by atoms with Crippen LogP contribution in [0.25, 0.3) is 10.8 Å². The van der Waals surface area contributed by atoms with Gasteiger partial charge in [-0.15, -0.1) is 0 Å². The molecule has 106 valence electrons. The Hall–Kier alpha value is -2.23. The fourth-order valence-electron chi connectivity index (χ4n) is 2.62. The van der Waals surface area contributed by atoms with Crippen LogP contribution in [-0.2, 0) is 0 Å². The van der Waals surface area contributed by atoms with Crippen molar-refractivity contribution in [3.05, 3.63) is 83.2 Å². The minimum Gasteiger partial charge on any atom is -0.271 e. The number of aryl methyl sites for hydroxylation is 1. The van der Waals surface area contributed by atoms with Gasteiger partial charge in [0.2, 0.25) is 0 Å². The van der Waals surface area contributed by atoms with E-state index in [-0.39, 0.29) is 11.9 Å². The lowest BCUT2D eigenvalue weighted by Gasteiger charge is -2.18. The van der Waals surface area contributed by atoms with Gasteiger partial charge in [0.15, 0.2) is 0 Å². The van der Waals surface area contributed by atoms with Gasteiger partial charge in [-0.2, -0.15) is 0 Å². The van der Waals surface area contributed by atoms with Crippen molar-refractivity contribution in [3.63, 3.8) is 0 Å². The van der Waals surface area contributed by atoms with Crippen molar-refractivity contribution in [3.8, 4) is 0 Å². The van der Waals surface area contributed by atoms with Gasteiger partial charge in [-0.1, -0.05) is 48.5 Å². The number of fused-ring (bicyclic) bond motifs is 1. The van der Waals surface area contributed by atoms with Crippen LogP contribution in [0.1, 0.15) is 22.7 Å². The van der Waals surface area contributed by atoms with E-state index >= 15 is 0 Å². The van der Waals surface area contributed by atoms with E-state index in [1.54, 1.807) is 13.0 Å². The summed E-state index contributed by atoms with van der Waals surface area (Å²) in [6.45, 7) is 1.76. The van der Waals surface area contributed by atoms with E-state index in [0.717, 1.165) is 16.5 Å². The Morgan fingerprint density at radius 1 is 0.905 bits per heavy atom. The Morgan fingerprint density at radius 3 is 2.29 bits per heavy atom. The van der Waals surface area contributed by atoms with E-state index in [9.17, 15) is 4.39 Å². The van der Waals surface area contributed by atoms with Crippen molar-refractivity contribution in [1.29, 1.82) is 0 Å². The van der Waals surface area contributed by atoms with E-state index in [1.807, 2.05) is 24.3 Å². The minimum atomic E-state index is -0.201. The molecule has 0 saturated carbocycles. The Labute approximate surface area is 123 Å². The molecule has 2 nitrogen and oxygen atoms in total. The lowest BCUT2D eigenvalue weighted by Crippen LogP contribution is -2.28. The molecule has 3 heteroatoms. The maximum atomic E-state index is 13.4. The van der Waals surface area contributed by atoms with Crippen molar-refractivity contribution in [2.45, 2.75) is 13.0 Å². The Kier molecular flexibility index (Phi) is 3.69. The third kappa shape index (κ3) is 2.66. The quantitative estimate of drug-likeness (QED) is 0.565. The van der Waals surface area contributed by atoms with Crippen molar-refractivity contribution < 1.29 is 4.39 Å². The molecule has 3 aromatic carbocycles. The van der Waals surface area contributed by atoms with Crippen LogP contribution < -0.4 is 11.3 Å². The van der Waals surface area contributed by atoms with Gasteiger partial charge in [0.1, 0.15) is 5.82 Å². The monoisotopic (exact) mass is 280 g/mol. The molecule has 3 N–H and O–H groups in total. The molecular formula is C18H17FN2. The van der Waals surface area contributed by atoms with Gasteiger partial charge in [-0.25, -0.2) is 9.82 Å². The highest BCUT2D eigenvalue weighted by Gasteiger charge is 2.14. The Morgan fingerprint density at radius 2 is 1.57 bits per heavy atom. The first-order valence-corrected chi connectivity index (χ1v) is 6.90. The van der Waals surface area contributed by atoms with Crippen LogP contribution in [0, 0.1) is 12.7 Å². The van der Waals surface area contributed by atoms with Crippen LogP contribution in [0.2, 0.25) is 0 Å². The van der Waals surface area contributed by atoms with Gasteiger partial charge < -0.3 is 0 Å². The summed E-state index contributed by atoms with van der Waals surface area (Å²) in [6.07, 6.45) is 0. The van der Waals surface area contributed by atoms with Crippen LogP contribution >= 0.6 is 0 Å². The molecule has 0 fully saturated rings. The number of hydrogen-bond acceptors (Lipinski definition) is 2. The second kappa shape index (κ2) is 5.64. The van der Waals surface area contributed by atoms with E-state index in [0.29, 0.717) is 5.56 Å². The second-order valence-electron chi connectivity index (χ2n) is 5.21. The first kappa shape index (κ1) is 13.7. The van der Waals surface area contributed by atoms with E-state index < -0.39 is 0 Å². The minimum absolute atomic E-state index is 0.158. The number of nitrogens with two attached hydrogens (primary N) is 1. The van der Waals surface area contributed by atoms with Crippen molar-refractivity contribution in [1.82, 2.24) is 5.43 Å². The molecule has 0 aliphatic heterocycles. The largest absolute Gasteiger partial charge is 0.271 e. The zero-order valence-electron chi connectivity index (χ0n) is 11.8. The molecule has 3 aromatic rings. The van der Waals surface area contributed by atoms with Gasteiger partial charge in [-0.05, 0) is 46.5 Å². The lowest BCUT2D eigenvalue weighted by molar-refractivity contribution is 0.608. The number of hydrogen-bond donors (Lipinski definition) is 2. The zero-order chi connectivity index (χ0) is 14.8. The molecule has 0 saturated heterocycles. The SMILES string of the molecule is Cc1cc(C(NN)c2ccc3ccccc3c2)ccc1F. The van der Waals surface area contributed by atoms with Gasteiger partial charge in [0.25, 0.3) is 0 Å².